The third kappa shape index (κ3) is 3.43. The van der Waals surface area contributed by atoms with Gasteiger partial charge >= 0.3 is 0 Å². The number of nitrogens with zero attached hydrogens (tertiary/aromatic N) is 5. The Bertz CT molecular complexity index is 548. The van der Waals surface area contributed by atoms with E-state index in [1.165, 1.54) is 0 Å². The van der Waals surface area contributed by atoms with Gasteiger partial charge in [0.1, 0.15) is 6.33 Å². The SMILES string of the molecule is CCCC(C)(C)Nc1nc(NC)nc(-n2ccnc2)n1. The van der Waals surface area contributed by atoms with E-state index in [-0.39, 0.29) is 5.54 Å². The van der Waals surface area contributed by atoms with Gasteiger partial charge in [-0.1, -0.05) is 13.3 Å². The highest BCUT2D eigenvalue weighted by Crippen LogP contribution is 2.18. The van der Waals surface area contributed by atoms with Crippen LogP contribution in [0.5, 0.6) is 0 Å². The van der Waals surface area contributed by atoms with Gasteiger partial charge < -0.3 is 10.6 Å². The zero-order valence-electron chi connectivity index (χ0n) is 12.4. The second-order valence-electron chi connectivity index (χ2n) is 5.26. The molecule has 0 amide bonds. The summed E-state index contributed by atoms with van der Waals surface area (Å²) < 4.78 is 1.75. The molecule has 0 atom stereocenters. The standard InChI is InChI=1S/C13H21N7/c1-5-6-13(2,3)19-11-16-10(14-4)17-12(18-11)20-8-7-15-9-20/h7-9H,5-6H2,1-4H3,(H2,14,16,17,18,19). The van der Waals surface area contributed by atoms with Crippen molar-refractivity contribution >= 4 is 11.9 Å². The second kappa shape index (κ2) is 5.85. The predicted molar refractivity (Wildman–Crippen MR) is 79.1 cm³/mol. The first-order chi connectivity index (χ1) is 9.54. The van der Waals surface area contributed by atoms with Crippen LogP contribution in [-0.4, -0.2) is 37.1 Å². The largest absolute Gasteiger partial charge is 0.357 e. The van der Waals surface area contributed by atoms with Crippen LogP contribution >= 0.6 is 0 Å². The first-order valence-electron chi connectivity index (χ1n) is 6.74. The van der Waals surface area contributed by atoms with Crippen LogP contribution in [0.3, 0.4) is 0 Å². The van der Waals surface area contributed by atoms with Gasteiger partial charge in [-0.2, -0.15) is 15.0 Å². The Morgan fingerprint density at radius 3 is 2.55 bits per heavy atom. The highest BCUT2D eigenvalue weighted by atomic mass is 15.3. The molecule has 0 bridgehead atoms. The summed E-state index contributed by atoms with van der Waals surface area (Å²) in [5.41, 5.74) is -0.0622. The van der Waals surface area contributed by atoms with Crippen molar-refractivity contribution in [3.05, 3.63) is 18.7 Å². The summed E-state index contributed by atoms with van der Waals surface area (Å²) in [5, 5.41) is 6.31. The number of rotatable bonds is 6. The summed E-state index contributed by atoms with van der Waals surface area (Å²) >= 11 is 0. The highest BCUT2D eigenvalue weighted by molar-refractivity contribution is 5.39. The van der Waals surface area contributed by atoms with Gasteiger partial charge in [0, 0.05) is 25.0 Å². The predicted octanol–water partition coefficient (Wildman–Crippen LogP) is 2.09. The van der Waals surface area contributed by atoms with E-state index >= 15 is 0 Å². The smallest absolute Gasteiger partial charge is 0.241 e. The van der Waals surface area contributed by atoms with Crippen LogP contribution in [0.15, 0.2) is 18.7 Å². The van der Waals surface area contributed by atoms with E-state index in [4.69, 9.17) is 0 Å². The van der Waals surface area contributed by atoms with Crippen molar-refractivity contribution < 1.29 is 0 Å². The van der Waals surface area contributed by atoms with Crippen LogP contribution in [0.1, 0.15) is 33.6 Å². The molecule has 2 aromatic heterocycles. The Balaban J connectivity index is 2.31. The molecule has 7 heteroatoms. The Hall–Kier alpha value is -2.18. The molecule has 20 heavy (non-hydrogen) atoms. The fourth-order valence-corrected chi connectivity index (χ4v) is 2.02. The molecule has 0 unspecified atom stereocenters. The van der Waals surface area contributed by atoms with E-state index in [1.54, 1.807) is 30.3 Å². The maximum Gasteiger partial charge on any atom is 0.241 e. The molecule has 0 saturated heterocycles. The molecule has 0 aliphatic rings. The third-order valence-electron chi connectivity index (χ3n) is 2.91. The molecular formula is C13H21N7. The lowest BCUT2D eigenvalue weighted by Gasteiger charge is -2.25. The van der Waals surface area contributed by atoms with Gasteiger partial charge in [0.25, 0.3) is 0 Å². The normalized spacial score (nSPS) is 11.4. The summed E-state index contributed by atoms with van der Waals surface area (Å²) in [7, 11) is 1.79. The molecule has 0 saturated carbocycles. The maximum atomic E-state index is 4.44. The van der Waals surface area contributed by atoms with Crippen LogP contribution in [0.2, 0.25) is 0 Å². The van der Waals surface area contributed by atoms with E-state index in [0.717, 1.165) is 12.8 Å². The molecule has 2 N–H and O–H groups in total. The Kier molecular flexibility index (Phi) is 4.16. The van der Waals surface area contributed by atoms with Gasteiger partial charge in [0.05, 0.1) is 0 Å². The molecule has 108 valence electrons. The molecule has 0 aliphatic carbocycles. The second-order valence-corrected chi connectivity index (χ2v) is 5.26. The van der Waals surface area contributed by atoms with Crippen LogP contribution < -0.4 is 10.6 Å². The molecule has 2 aromatic rings. The summed E-state index contributed by atoms with van der Waals surface area (Å²) in [6.45, 7) is 6.43. The minimum absolute atomic E-state index is 0.0622. The van der Waals surface area contributed by atoms with Crippen molar-refractivity contribution in [2.75, 3.05) is 17.7 Å². The molecule has 0 fully saturated rings. The lowest BCUT2D eigenvalue weighted by Crippen LogP contribution is -2.31. The van der Waals surface area contributed by atoms with Crippen molar-refractivity contribution in [1.29, 1.82) is 0 Å². The fraction of sp³-hybridized carbons (Fsp3) is 0.538. The molecular weight excluding hydrogens is 254 g/mol. The lowest BCUT2D eigenvalue weighted by molar-refractivity contribution is 0.506. The molecule has 0 aliphatic heterocycles. The number of anilines is 2. The first kappa shape index (κ1) is 14.2. The van der Waals surface area contributed by atoms with Crippen molar-refractivity contribution in [1.82, 2.24) is 24.5 Å². The average molecular weight is 275 g/mol. The molecule has 2 heterocycles. The van der Waals surface area contributed by atoms with Gasteiger partial charge in [0.2, 0.25) is 17.8 Å². The summed E-state index contributed by atoms with van der Waals surface area (Å²) in [6, 6.07) is 0. The van der Waals surface area contributed by atoms with Crippen LogP contribution in [0.25, 0.3) is 5.95 Å². The number of nitrogens with one attached hydrogen (secondary N) is 2. The molecule has 0 radical (unpaired) electrons. The van der Waals surface area contributed by atoms with E-state index in [0.29, 0.717) is 17.8 Å². The zero-order chi connectivity index (χ0) is 14.6. The highest BCUT2D eigenvalue weighted by Gasteiger charge is 2.18. The Morgan fingerprint density at radius 2 is 1.95 bits per heavy atom. The summed E-state index contributed by atoms with van der Waals surface area (Å²) in [5.74, 6) is 1.63. The average Bonchev–Trinajstić information content (AvgIpc) is 2.91. The molecule has 2 rings (SSSR count). The van der Waals surface area contributed by atoms with Gasteiger partial charge in [-0.05, 0) is 20.3 Å². The fourth-order valence-electron chi connectivity index (χ4n) is 2.02. The van der Waals surface area contributed by atoms with Gasteiger partial charge in [-0.25, -0.2) is 4.98 Å². The van der Waals surface area contributed by atoms with E-state index in [2.05, 4.69) is 51.3 Å². The summed E-state index contributed by atoms with van der Waals surface area (Å²) in [6.07, 6.45) is 7.29. The topological polar surface area (TPSA) is 80.5 Å². The molecule has 0 spiro atoms. The van der Waals surface area contributed by atoms with Crippen molar-refractivity contribution in [2.45, 2.75) is 39.2 Å². The van der Waals surface area contributed by atoms with Crippen molar-refractivity contribution in [3.8, 4) is 5.95 Å². The minimum atomic E-state index is -0.0622. The maximum absolute atomic E-state index is 4.44. The number of imidazole rings is 1. The monoisotopic (exact) mass is 275 g/mol. The Morgan fingerprint density at radius 1 is 1.20 bits per heavy atom. The summed E-state index contributed by atoms with van der Waals surface area (Å²) in [4.78, 5) is 17.1. The van der Waals surface area contributed by atoms with E-state index in [9.17, 15) is 0 Å². The van der Waals surface area contributed by atoms with E-state index < -0.39 is 0 Å². The number of aromatic nitrogens is 5. The minimum Gasteiger partial charge on any atom is -0.357 e. The van der Waals surface area contributed by atoms with Gasteiger partial charge in [0.15, 0.2) is 0 Å². The van der Waals surface area contributed by atoms with E-state index in [1.807, 2.05) is 0 Å². The Labute approximate surface area is 118 Å². The lowest BCUT2D eigenvalue weighted by atomic mass is 9.99. The van der Waals surface area contributed by atoms with Crippen LogP contribution in [0, 0.1) is 0 Å². The van der Waals surface area contributed by atoms with Crippen LogP contribution in [-0.2, 0) is 0 Å². The third-order valence-corrected chi connectivity index (χ3v) is 2.91. The zero-order valence-corrected chi connectivity index (χ0v) is 12.4. The van der Waals surface area contributed by atoms with Crippen LogP contribution in [0.4, 0.5) is 11.9 Å². The number of hydrogen-bond acceptors (Lipinski definition) is 6. The van der Waals surface area contributed by atoms with Crippen molar-refractivity contribution in [2.24, 2.45) is 0 Å². The number of hydrogen-bond donors (Lipinski definition) is 2. The van der Waals surface area contributed by atoms with Gasteiger partial charge in [-0.3, -0.25) is 4.57 Å². The van der Waals surface area contributed by atoms with Crippen molar-refractivity contribution in [3.63, 3.8) is 0 Å². The molecule has 7 nitrogen and oxygen atoms in total. The van der Waals surface area contributed by atoms with Gasteiger partial charge in [-0.15, -0.1) is 0 Å². The first-order valence-corrected chi connectivity index (χ1v) is 6.74. The molecule has 0 aromatic carbocycles. The quantitative estimate of drug-likeness (QED) is 0.840.